The Morgan fingerprint density at radius 2 is 1.85 bits per heavy atom. The van der Waals surface area contributed by atoms with Gasteiger partial charge in [0.25, 0.3) is 0 Å². The molecule has 1 unspecified atom stereocenters. The summed E-state index contributed by atoms with van der Waals surface area (Å²) in [6.45, 7) is 2.10. The summed E-state index contributed by atoms with van der Waals surface area (Å²) in [5, 5.41) is 3.46. The number of ether oxygens (including phenoxy) is 2. The van der Waals surface area contributed by atoms with Crippen LogP contribution in [0.2, 0.25) is 0 Å². The fraction of sp³-hybridized carbons (Fsp3) is 0.250. The average molecular weight is 336 g/mol. The number of nitrogens with one attached hydrogen (secondary N) is 1. The van der Waals surface area contributed by atoms with E-state index in [1.165, 1.54) is 0 Å². The number of anilines is 1. The van der Waals surface area contributed by atoms with Crippen LogP contribution in [-0.2, 0) is 0 Å². The van der Waals surface area contributed by atoms with Crippen molar-refractivity contribution >= 4 is 21.6 Å². The van der Waals surface area contributed by atoms with E-state index in [0.717, 1.165) is 27.2 Å². The number of rotatable bonds is 5. The topological polar surface area (TPSA) is 30.5 Å². The van der Waals surface area contributed by atoms with Crippen molar-refractivity contribution in [1.29, 1.82) is 0 Å². The molecule has 20 heavy (non-hydrogen) atoms. The highest BCUT2D eigenvalue weighted by Gasteiger charge is 2.12. The number of benzene rings is 2. The minimum atomic E-state index is 0.130. The molecular formula is C16H18BrNO2. The lowest BCUT2D eigenvalue weighted by atomic mass is 10.1. The molecule has 0 radical (unpaired) electrons. The maximum absolute atomic E-state index is 5.44. The Kier molecular flexibility index (Phi) is 4.90. The Morgan fingerprint density at radius 3 is 2.50 bits per heavy atom. The summed E-state index contributed by atoms with van der Waals surface area (Å²) in [7, 11) is 3.32. The fourth-order valence-corrected chi connectivity index (χ4v) is 2.48. The summed E-state index contributed by atoms with van der Waals surface area (Å²) >= 11 is 3.47. The molecule has 0 aromatic heterocycles. The summed E-state index contributed by atoms with van der Waals surface area (Å²) in [5.74, 6) is 1.61. The van der Waals surface area contributed by atoms with Crippen LogP contribution < -0.4 is 14.8 Å². The summed E-state index contributed by atoms with van der Waals surface area (Å²) in [6, 6.07) is 14.1. The van der Waals surface area contributed by atoms with Crippen molar-refractivity contribution in [3.05, 3.63) is 52.5 Å². The first kappa shape index (κ1) is 14.7. The summed E-state index contributed by atoms with van der Waals surface area (Å²) in [6.07, 6.45) is 0. The van der Waals surface area contributed by atoms with Gasteiger partial charge in [-0.3, -0.25) is 0 Å². The Hall–Kier alpha value is -1.68. The van der Waals surface area contributed by atoms with E-state index in [1.807, 2.05) is 42.5 Å². The van der Waals surface area contributed by atoms with Crippen molar-refractivity contribution in [2.24, 2.45) is 0 Å². The molecule has 3 nitrogen and oxygen atoms in total. The van der Waals surface area contributed by atoms with Gasteiger partial charge in [-0.25, -0.2) is 0 Å². The maximum atomic E-state index is 5.44. The van der Waals surface area contributed by atoms with Gasteiger partial charge in [-0.05, 0) is 37.3 Å². The van der Waals surface area contributed by atoms with Crippen LogP contribution >= 0.6 is 15.9 Å². The van der Waals surface area contributed by atoms with Gasteiger partial charge in [-0.15, -0.1) is 0 Å². The smallest absolute Gasteiger partial charge is 0.127 e. The molecule has 1 N–H and O–H groups in total. The van der Waals surface area contributed by atoms with E-state index >= 15 is 0 Å². The molecule has 0 aliphatic rings. The molecule has 0 bridgehead atoms. The molecule has 4 heteroatoms. The number of hydrogen-bond acceptors (Lipinski definition) is 3. The predicted octanol–water partition coefficient (Wildman–Crippen LogP) is 4.64. The normalized spacial score (nSPS) is 11.8. The molecule has 0 aliphatic heterocycles. The van der Waals surface area contributed by atoms with Crippen LogP contribution in [0.15, 0.2) is 46.9 Å². The molecule has 0 saturated carbocycles. The van der Waals surface area contributed by atoms with Crippen molar-refractivity contribution in [2.45, 2.75) is 13.0 Å². The second-order valence-corrected chi connectivity index (χ2v) is 5.40. The fourth-order valence-electron chi connectivity index (χ4n) is 2.08. The minimum absolute atomic E-state index is 0.130. The first-order chi connectivity index (χ1) is 9.63. The zero-order valence-corrected chi connectivity index (χ0v) is 13.4. The maximum Gasteiger partial charge on any atom is 0.127 e. The van der Waals surface area contributed by atoms with Gasteiger partial charge in [-0.2, -0.15) is 0 Å². The molecule has 0 spiro atoms. The Balaban J connectivity index is 2.22. The molecule has 0 fully saturated rings. The van der Waals surface area contributed by atoms with Gasteiger partial charge in [0.2, 0.25) is 0 Å². The Labute approximate surface area is 128 Å². The van der Waals surface area contributed by atoms with Gasteiger partial charge in [-0.1, -0.05) is 22.0 Å². The summed E-state index contributed by atoms with van der Waals surface area (Å²) < 4.78 is 11.7. The highest BCUT2D eigenvalue weighted by molar-refractivity contribution is 9.10. The van der Waals surface area contributed by atoms with E-state index < -0.39 is 0 Å². The lowest BCUT2D eigenvalue weighted by molar-refractivity contribution is 0.390. The van der Waals surface area contributed by atoms with Gasteiger partial charge < -0.3 is 14.8 Å². The van der Waals surface area contributed by atoms with Crippen molar-refractivity contribution in [3.8, 4) is 11.5 Å². The highest BCUT2D eigenvalue weighted by Crippen LogP contribution is 2.31. The minimum Gasteiger partial charge on any atom is -0.497 e. The molecule has 0 saturated heterocycles. The molecular weight excluding hydrogens is 318 g/mol. The van der Waals surface area contributed by atoms with Gasteiger partial charge in [0.15, 0.2) is 0 Å². The third-order valence-corrected chi connectivity index (χ3v) is 3.61. The van der Waals surface area contributed by atoms with Crippen molar-refractivity contribution in [1.82, 2.24) is 0 Å². The molecule has 0 heterocycles. The Morgan fingerprint density at radius 1 is 1.05 bits per heavy atom. The third-order valence-electron chi connectivity index (χ3n) is 3.11. The second kappa shape index (κ2) is 6.66. The van der Waals surface area contributed by atoms with E-state index in [2.05, 4.69) is 28.2 Å². The van der Waals surface area contributed by atoms with E-state index in [4.69, 9.17) is 9.47 Å². The molecule has 106 valence electrons. The lowest BCUT2D eigenvalue weighted by Gasteiger charge is -2.19. The third kappa shape index (κ3) is 3.45. The molecule has 2 aromatic carbocycles. The molecule has 2 aromatic rings. The summed E-state index contributed by atoms with van der Waals surface area (Å²) in [5.41, 5.74) is 2.15. The molecule has 2 rings (SSSR count). The number of halogens is 1. The van der Waals surface area contributed by atoms with Crippen molar-refractivity contribution in [2.75, 3.05) is 19.5 Å². The second-order valence-electron chi connectivity index (χ2n) is 4.48. The average Bonchev–Trinajstić information content (AvgIpc) is 2.46. The number of methoxy groups -OCH3 is 2. The molecule has 0 amide bonds. The predicted molar refractivity (Wildman–Crippen MR) is 85.7 cm³/mol. The highest BCUT2D eigenvalue weighted by atomic mass is 79.9. The van der Waals surface area contributed by atoms with Crippen molar-refractivity contribution in [3.63, 3.8) is 0 Å². The van der Waals surface area contributed by atoms with Gasteiger partial charge in [0, 0.05) is 21.8 Å². The van der Waals surface area contributed by atoms with Gasteiger partial charge >= 0.3 is 0 Å². The Bertz CT molecular complexity index is 586. The summed E-state index contributed by atoms with van der Waals surface area (Å²) in [4.78, 5) is 0. The van der Waals surface area contributed by atoms with E-state index in [0.29, 0.717) is 0 Å². The van der Waals surface area contributed by atoms with Crippen LogP contribution in [0.4, 0.5) is 5.69 Å². The van der Waals surface area contributed by atoms with Crippen LogP contribution in [0.5, 0.6) is 11.5 Å². The van der Waals surface area contributed by atoms with Crippen LogP contribution in [0.1, 0.15) is 18.5 Å². The van der Waals surface area contributed by atoms with Gasteiger partial charge in [0.1, 0.15) is 11.5 Å². The van der Waals surface area contributed by atoms with Crippen molar-refractivity contribution < 1.29 is 9.47 Å². The first-order valence-corrected chi connectivity index (χ1v) is 7.17. The van der Waals surface area contributed by atoms with Crippen LogP contribution in [-0.4, -0.2) is 14.2 Å². The standard InChI is InChI=1S/C16H18BrNO2/c1-11(18-13-6-4-5-12(17)9-13)15-8-7-14(19-2)10-16(15)20-3/h4-11,18H,1-3H3. The zero-order valence-electron chi connectivity index (χ0n) is 11.8. The quantitative estimate of drug-likeness (QED) is 0.863. The largest absolute Gasteiger partial charge is 0.497 e. The zero-order chi connectivity index (χ0) is 14.5. The van der Waals surface area contributed by atoms with E-state index in [9.17, 15) is 0 Å². The van der Waals surface area contributed by atoms with Crippen LogP contribution in [0.25, 0.3) is 0 Å². The monoisotopic (exact) mass is 335 g/mol. The van der Waals surface area contributed by atoms with E-state index in [1.54, 1.807) is 14.2 Å². The lowest BCUT2D eigenvalue weighted by Crippen LogP contribution is -2.08. The van der Waals surface area contributed by atoms with Crippen LogP contribution in [0.3, 0.4) is 0 Å². The van der Waals surface area contributed by atoms with Gasteiger partial charge in [0.05, 0.1) is 20.3 Å². The first-order valence-electron chi connectivity index (χ1n) is 6.38. The van der Waals surface area contributed by atoms with Crippen LogP contribution in [0, 0.1) is 0 Å². The SMILES string of the molecule is COc1ccc(C(C)Nc2cccc(Br)c2)c(OC)c1. The number of hydrogen-bond donors (Lipinski definition) is 1. The molecule has 1 atom stereocenters. The molecule has 0 aliphatic carbocycles. The van der Waals surface area contributed by atoms with E-state index in [-0.39, 0.29) is 6.04 Å².